The van der Waals surface area contributed by atoms with Gasteiger partial charge in [0.15, 0.2) is 15.8 Å². The third kappa shape index (κ3) is 5.99. The van der Waals surface area contributed by atoms with Crippen molar-refractivity contribution in [1.82, 2.24) is 10.2 Å². The van der Waals surface area contributed by atoms with Crippen LogP contribution in [0.1, 0.15) is 18.1 Å². The van der Waals surface area contributed by atoms with Crippen LogP contribution < -0.4 is 10.1 Å². The second-order valence-electron chi connectivity index (χ2n) is 6.25. The zero-order valence-electron chi connectivity index (χ0n) is 16.3. The SMILES string of the molecule is CCNC(=NCc1ccc(S(C)(=O)=O)cc1)N(C)Cc1ccccc1OC. The van der Waals surface area contributed by atoms with E-state index in [2.05, 4.69) is 10.3 Å². The van der Waals surface area contributed by atoms with Crippen LogP contribution in [0.5, 0.6) is 5.75 Å². The minimum Gasteiger partial charge on any atom is -0.496 e. The second kappa shape index (κ2) is 9.41. The number of para-hydroxylation sites is 1. The molecule has 2 rings (SSSR count). The molecule has 0 aliphatic heterocycles. The molecule has 7 heteroatoms. The smallest absolute Gasteiger partial charge is 0.194 e. The number of benzene rings is 2. The first-order chi connectivity index (χ1) is 12.8. The Bertz CT molecular complexity index is 878. The van der Waals surface area contributed by atoms with Crippen LogP contribution in [0.15, 0.2) is 58.4 Å². The highest BCUT2D eigenvalue weighted by molar-refractivity contribution is 7.90. The third-order valence-electron chi connectivity index (χ3n) is 4.06. The molecule has 6 nitrogen and oxygen atoms in total. The molecule has 0 bridgehead atoms. The van der Waals surface area contributed by atoms with Gasteiger partial charge in [0.2, 0.25) is 0 Å². The summed E-state index contributed by atoms with van der Waals surface area (Å²) in [5.41, 5.74) is 2.02. The molecule has 0 aliphatic carbocycles. The first-order valence-corrected chi connectivity index (χ1v) is 10.6. The van der Waals surface area contributed by atoms with Crippen LogP contribution in [0.2, 0.25) is 0 Å². The van der Waals surface area contributed by atoms with Crippen LogP contribution in [0.3, 0.4) is 0 Å². The van der Waals surface area contributed by atoms with E-state index >= 15 is 0 Å². The van der Waals surface area contributed by atoms with E-state index in [1.165, 1.54) is 6.26 Å². The number of aliphatic imine (C=N–C) groups is 1. The van der Waals surface area contributed by atoms with Gasteiger partial charge in [0.05, 0.1) is 18.6 Å². The number of nitrogens with zero attached hydrogens (tertiary/aromatic N) is 2. The molecule has 0 atom stereocenters. The van der Waals surface area contributed by atoms with Crippen molar-refractivity contribution in [2.24, 2.45) is 4.99 Å². The van der Waals surface area contributed by atoms with Crippen molar-refractivity contribution in [2.45, 2.75) is 24.9 Å². The van der Waals surface area contributed by atoms with Crippen LogP contribution in [-0.4, -0.2) is 46.2 Å². The number of nitrogens with one attached hydrogen (secondary N) is 1. The Morgan fingerprint density at radius 1 is 1.15 bits per heavy atom. The predicted molar refractivity (Wildman–Crippen MR) is 109 cm³/mol. The summed E-state index contributed by atoms with van der Waals surface area (Å²) in [4.78, 5) is 7.02. The second-order valence-corrected chi connectivity index (χ2v) is 8.27. The molecule has 2 aromatic carbocycles. The fraction of sp³-hybridized carbons (Fsp3) is 0.350. The Morgan fingerprint density at radius 3 is 2.41 bits per heavy atom. The molecule has 0 unspecified atom stereocenters. The Hall–Kier alpha value is -2.54. The van der Waals surface area contributed by atoms with Gasteiger partial charge in [-0.1, -0.05) is 30.3 Å². The number of hydrogen-bond donors (Lipinski definition) is 1. The summed E-state index contributed by atoms with van der Waals surface area (Å²) in [6.07, 6.45) is 1.20. The molecular weight excluding hydrogens is 362 g/mol. The van der Waals surface area contributed by atoms with E-state index in [0.717, 1.165) is 29.4 Å². The largest absolute Gasteiger partial charge is 0.496 e. The number of guanidine groups is 1. The zero-order valence-corrected chi connectivity index (χ0v) is 17.1. The summed E-state index contributed by atoms with van der Waals surface area (Å²) in [7, 11) is 0.455. The molecule has 146 valence electrons. The number of rotatable bonds is 7. The number of ether oxygens (including phenoxy) is 1. The Morgan fingerprint density at radius 2 is 1.81 bits per heavy atom. The third-order valence-corrected chi connectivity index (χ3v) is 5.19. The minimum atomic E-state index is -3.18. The molecular formula is C20H27N3O3S. The van der Waals surface area contributed by atoms with Gasteiger partial charge in [0.1, 0.15) is 5.75 Å². The van der Waals surface area contributed by atoms with Crippen molar-refractivity contribution in [3.8, 4) is 5.75 Å². The lowest BCUT2D eigenvalue weighted by molar-refractivity contribution is 0.396. The van der Waals surface area contributed by atoms with Crippen molar-refractivity contribution < 1.29 is 13.2 Å². The van der Waals surface area contributed by atoms with Gasteiger partial charge in [-0.15, -0.1) is 0 Å². The molecule has 0 heterocycles. The molecule has 0 saturated carbocycles. The Balaban J connectivity index is 2.13. The van der Waals surface area contributed by atoms with E-state index in [-0.39, 0.29) is 0 Å². The van der Waals surface area contributed by atoms with E-state index in [1.807, 2.05) is 43.1 Å². The lowest BCUT2D eigenvalue weighted by Crippen LogP contribution is -2.38. The van der Waals surface area contributed by atoms with E-state index in [4.69, 9.17) is 4.74 Å². The summed E-state index contributed by atoms with van der Waals surface area (Å²) in [5.74, 6) is 1.62. The molecule has 0 aliphatic rings. The first-order valence-electron chi connectivity index (χ1n) is 8.75. The summed E-state index contributed by atoms with van der Waals surface area (Å²) < 4.78 is 28.5. The first kappa shape index (κ1) is 20.8. The molecule has 0 radical (unpaired) electrons. The molecule has 0 spiro atoms. The molecule has 27 heavy (non-hydrogen) atoms. The van der Waals surface area contributed by atoms with Crippen LogP contribution in [0, 0.1) is 0 Å². The summed E-state index contributed by atoms with van der Waals surface area (Å²) in [5, 5.41) is 3.29. The topological polar surface area (TPSA) is 71.0 Å². The summed E-state index contributed by atoms with van der Waals surface area (Å²) in [6, 6.07) is 14.7. The monoisotopic (exact) mass is 389 g/mol. The van der Waals surface area contributed by atoms with Gasteiger partial charge in [-0.25, -0.2) is 13.4 Å². The Kier molecular flexibility index (Phi) is 7.24. The molecule has 0 saturated heterocycles. The van der Waals surface area contributed by atoms with Crippen LogP contribution in [-0.2, 0) is 22.9 Å². The van der Waals surface area contributed by atoms with Gasteiger partial charge < -0.3 is 15.0 Å². The molecule has 0 fully saturated rings. The highest BCUT2D eigenvalue weighted by atomic mass is 32.2. The van der Waals surface area contributed by atoms with Crippen LogP contribution in [0.4, 0.5) is 0 Å². The predicted octanol–water partition coefficient (Wildman–Crippen LogP) is 2.70. The van der Waals surface area contributed by atoms with Crippen molar-refractivity contribution in [3.63, 3.8) is 0 Å². The van der Waals surface area contributed by atoms with Gasteiger partial charge in [0, 0.05) is 32.0 Å². The van der Waals surface area contributed by atoms with Crippen LogP contribution in [0.25, 0.3) is 0 Å². The maximum Gasteiger partial charge on any atom is 0.194 e. The van der Waals surface area contributed by atoms with E-state index in [1.54, 1.807) is 31.4 Å². The number of methoxy groups -OCH3 is 1. The maximum atomic E-state index is 11.6. The average molecular weight is 390 g/mol. The highest BCUT2D eigenvalue weighted by Crippen LogP contribution is 2.19. The normalized spacial score (nSPS) is 11.9. The molecule has 1 N–H and O–H groups in total. The van der Waals surface area contributed by atoms with Gasteiger partial charge in [-0.2, -0.15) is 0 Å². The van der Waals surface area contributed by atoms with E-state index in [0.29, 0.717) is 18.0 Å². The lowest BCUT2D eigenvalue weighted by atomic mass is 10.2. The fourth-order valence-corrected chi connectivity index (χ4v) is 3.27. The standard InChI is InChI=1S/C20H27N3O3S/c1-5-21-20(23(2)15-17-8-6-7-9-19(17)26-3)22-14-16-10-12-18(13-11-16)27(4,24)25/h6-13H,5,14-15H2,1-4H3,(H,21,22). The number of sulfone groups is 1. The van der Waals surface area contributed by atoms with Crippen molar-refractivity contribution >= 4 is 15.8 Å². The van der Waals surface area contributed by atoms with Gasteiger partial charge in [0.25, 0.3) is 0 Å². The Labute approximate surface area is 161 Å². The number of hydrogen-bond acceptors (Lipinski definition) is 4. The van der Waals surface area contributed by atoms with E-state index < -0.39 is 9.84 Å². The van der Waals surface area contributed by atoms with Crippen molar-refractivity contribution in [3.05, 3.63) is 59.7 Å². The average Bonchev–Trinajstić information content (AvgIpc) is 2.65. The van der Waals surface area contributed by atoms with Gasteiger partial charge >= 0.3 is 0 Å². The van der Waals surface area contributed by atoms with Crippen LogP contribution >= 0.6 is 0 Å². The maximum absolute atomic E-state index is 11.6. The quantitative estimate of drug-likeness (QED) is 0.582. The minimum absolute atomic E-state index is 0.315. The highest BCUT2D eigenvalue weighted by Gasteiger charge is 2.10. The van der Waals surface area contributed by atoms with Crippen molar-refractivity contribution in [1.29, 1.82) is 0 Å². The zero-order chi connectivity index (χ0) is 19.9. The summed E-state index contributed by atoms with van der Waals surface area (Å²) >= 11 is 0. The van der Waals surface area contributed by atoms with E-state index in [9.17, 15) is 8.42 Å². The molecule has 2 aromatic rings. The van der Waals surface area contributed by atoms with Gasteiger partial charge in [-0.05, 0) is 30.7 Å². The van der Waals surface area contributed by atoms with Crippen molar-refractivity contribution in [2.75, 3.05) is 27.0 Å². The fourth-order valence-electron chi connectivity index (χ4n) is 2.64. The van der Waals surface area contributed by atoms with Gasteiger partial charge in [-0.3, -0.25) is 0 Å². The molecule has 0 aromatic heterocycles. The molecule has 0 amide bonds. The lowest BCUT2D eigenvalue weighted by Gasteiger charge is -2.23. The summed E-state index contributed by atoms with van der Waals surface area (Å²) in [6.45, 7) is 3.89.